The minimum absolute atomic E-state index is 0.358. The number of esters is 1. The Balaban J connectivity index is 3.02. The Bertz CT molecular complexity index is 366. The van der Waals surface area contributed by atoms with E-state index in [0.717, 1.165) is 9.88 Å². The molecular formula is C10H16N2O2S. The third-order valence-electron chi connectivity index (χ3n) is 1.82. The fraction of sp³-hybridized carbons (Fsp3) is 0.600. The van der Waals surface area contributed by atoms with Crippen LogP contribution >= 0.6 is 11.3 Å². The molecule has 0 unspecified atom stereocenters. The third-order valence-corrected chi connectivity index (χ3v) is 3.13. The van der Waals surface area contributed by atoms with Crippen molar-refractivity contribution in [2.75, 3.05) is 6.61 Å². The Morgan fingerprint density at radius 3 is 2.60 bits per heavy atom. The molecule has 0 aliphatic rings. The number of aromatic nitrogens is 1. The van der Waals surface area contributed by atoms with Crippen LogP contribution in [0.1, 0.15) is 41.1 Å². The average Bonchev–Trinajstić information content (AvgIpc) is 2.47. The summed E-state index contributed by atoms with van der Waals surface area (Å²) in [5, 5.41) is 0.753. The molecule has 0 spiro atoms. The number of carbonyl (C=O) groups is 1. The summed E-state index contributed by atoms with van der Waals surface area (Å²) in [4.78, 5) is 16.6. The van der Waals surface area contributed by atoms with E-state index in [2.05, 4.69) is 4.98 Å². The van der Waals surface area contributed by atoms with Gasteiger partial charge in [0.15, 0.2) is 5.69 Å². The molecule has 0 aromatic carbocycles. The molecule has 4 nitrogen and oxygen atoms in total. The van der Waals surface area contributed by atoms with Crippen molar-refractivity contribution in [1.29, 1.82) is 0 Å². The van der Waals surface area contributed by atoms with E-state index < -0.39 is 5.54 Å². The zero-order valence-electron chi connectivity index (χ0n) is 9.46. The molecule has 1 rings (SSSR count). The van der Waals surface area contributed by atoms with Crippen LogP contribution in [-0.4, -0.2) is 17.6 Å². The van der Waals surface area contributed by atoms with Gasteiger partial charge in [0.2, 0.25) is 0 Å². The van der Waals surface area contributed by atoms with Crippen LogP contribution in [0.15, 0.2) is 0 Å². The van der Waals surface area contributed by atoms with E-state index >= 15 is 0 Å². The van der Waals surface area contributed by atoms with Crippen molar-refractivity contribution < 1.29 is 9.53 Å². The predicted octanol–water partition coefficient (Wildman–Crippen LogP) is 1.82. The van der Waals surface area contributed by atoms with Gasteiger partial charge in [0.05, 0.1) is 12.1 Å². The number of hydrogen-bond acceptors (Lipinski definition) is 5. The minimum Gasteiger partial charge on any atom is -0.461 e. The Morgan fingerprint density at radius 2 is 2.20 bits per heavy atom. The largest absolute Gasteiger partial charge is 0.461 e. The molecule has 0 aliphatic carbocycles. The van der Waals surface area contributed by atoms with Crippen molar-refractivity contribution in [3.63, 3.8) is 0 Å². The van der Waals surface area contributed by atoms with Crippen LogP contribution in [0.3, 0.4) is 0 Å². The lowest BCUT2D eigenvalue weighted by Crippen LogP contribution is -2.28. The highest BCUT2D eigenvalue weighted by atomic mass is 32.1. The van der Waals surface area contributed by atoms with Crippen LogP contribution < -0.4 is 5.73 Å². The average molecular weight is 228 g/mol. The summed E-state index contributed by atoms with van der Waals surface area (Å²) in [5.41, 5.74) is 5.78. The highest BCUT2D eigenvalue weighted by molar-refractivity contribution is 7.12. The summed E-state index contributed by atoms with van der Waals surface area (Å²) < 4.78 is 4.90. The molecule has 0 radical (unpaired) electrons. The zero-order valence-corrected chi connectivity index (χ0v) is 10.3. The lowest BCUT2D eigenvalue weighted by Gasteiger charge is -2.13. The van der Waals surface area contributed by atoms with Gasteiger partial charge in [0, 0.05) is 4.88 Å². The molecule has 0 atom stereocenters. The van der Waals surface area contributed by atoms with Crippen LogP contribution in [-0.2, 0) is 10.3 Å². The van der Waals surface area contributed by atoms with Crippen molar-refractivity contribution >= 4 is 17.3 Å². The van der Waals surface area contributed by atoms with Gasteiger partial charge in [-0.05, 0) is 27.7 Å². The maximum absolute atomic E-state index is 11.5. The minimum atomic E-state index is -0.514. The van der Waals surface area contributed by atoms with Gasteiger partial charge in [-0.15, -0.1) is 11.3 Å². The number of aryl methyl sites for hydroxylation is 1. The number of thiazole rings is 1. The van der Waals surface area contributed by atoms with Gasteiger partial charge in [0.25, 0.3) is 0 Å². The van der Waals surface area contributed by atoms with E-state index in [0.29, 0.717) is 12.3 Å². The molecule has 1 heterocycles. The number of nitrogens with two attached hydrogens (primary N) is 1. The lowest BCUT2D eigenvalue weighted by molar-refractivity contribution is 0.0519. The summed E-state index contributed by atoms with van der Waals surface area (Å²) in [6.45, 7) is 7.70. The fourth-order valence-electron chi connectivity index (χ4n) is 1.06. The maximum atomic E-state index is 11.5. The summed E-state index contributed by atoms with van der Waals surface area (Å²) >= 11 is 1.44. The van der Waals surface area contributed by atoms with E-state index in [1.807, 2.05) is 20.8 Å². The van der Waals surface area contributed by atoms with Crippen LogP contribution in [0, 0.1) is 6.92 Å². The highest BCUT2D eigenvalue weighted by Gasteiger charge is 2.23. The van der Waals surface area contributed by atoms with Gasteiger partial charge in [0.1, 0.15) is 5.01 Å². The monoisotopic (exact) mass is 228 g/mol. The Morgan fingerprint density at radius 1 is 1.60 bits per heavy atom. The molecule has 0 amide bonds. The SMILES string of the molecule is CCOC(=O)c1nc(C(C)(C)N)sc1C. The topological polar surface area (TPSA) is 65.2 Å². The van der Waals surface area contributed by atoms with Crippen molar-refractivity contribution in [1.82, 2.24) is 4.98 Å². The second kappa shape index (κ2) is 4.28. The van der Waals surface area contributed by atoms with Crippen LogP contribution in [0.5, 0.6) is 0 Å². The molecule has 0 bridgehead atoms. The van der Waals surface area contributed by atoms with Crippen LogP contribution in [0.4, 0.5) is 0 Å². The molecule has 5 heteroatoms. The first-order chi connectivity index (χ1) is 6.86. The van der Waals surface area contributed by atoms with Gasteiger partial charge in [-0.2, -0.15) is 0 Å². The van der Waals surface area contributed by atoms with Gasteiger partial charge in [-0.1, -0.05) is 0 Å². The quantitative estimate of drug-likeness (QED) is 0.801. The Kier molecular flexibility index (Phi) is 3.46. The first-order valence-corrected chi connectivity index (χ1v) is 5.61. The number of carbonyl (C=O) groups excluding carboxylic acids is 1. The molecule has 0 saturated carbocycles. The normalized spacial score (nSPS) is 11.5. The standard InChI is InChI=1S/C10H16N2O2S/c1-5-14-8(13)7-6(2)15-9(12-7)10(3,4)11/h5,11H2,1-4H3. The molecule has 0 saturated heterocycles. The molecule has 84 valence electrons. The summed E-state index contributed by atoms with van der Waals surface area (Å²) in [6.07, 6.45) is 0. The maximum Gasteiger partial charge on any atom is 0.358 e. The lowest BCUT2D eigenvalue weighted by atomic mass is 10.1. The van der Waals surface area contributed by atoms with Gasteiger partial charge >= 0.3 is 5.97 Å². The number of hydrogen-bond donors (Lipinski definition) is 1. The Hall–Kier alpha value is -0.940. The van der Waals surface area contributed by atoms with E-state index in [1.165, 1.54) is 11.3 Å². The Labute approximate surface area is 93.5 Å². The molecule has 2 N–H and O–H groups in total. The molecule has 0 fully saturated rings. The zero-order chi connectivity index (χ0) is 11.6. The smallest absolute Gasteiger partial charge is 0.358 e. The van der Waals surface area contributed by atoms with E-state index in [4.69, 9.17) is 10.5 Å². The number of ether oxygens (including phenoxy) is 1. The number of rotatable bonds is 3. The number of nitrogens with zero attached hydrogens (tertiary/aromatic N) is 1. The third kappa shape index (κ3) is 2.76. The van der Waals surface area contributed by atoms with Crippen molar-refractivity contribution in [3.8, 4) is 0 Å². The predicted molar refractivity (Wildman–Crippen MR) is 60.0 cm³/mol. The second-order valence-corrected chi connectivity index (χ2v) is 5.07. The van der Waals surface area contributed by atoms with E-state index in [-0.39, 0.29) is 5.97 Å². The second-order valence-electron chi connectivity index (χ2n) is 3.87. The molecule has 15 heavy (non-hydrogen) atoms. The first-order valence-electron chi connectivity index (χ1n) is 4.80. The highest BCUT2D eigenvalue weighted by Crippen LogP contribution is 2.25. The van der Waals surface area contributed by atoms with Gasteiger partial charge in [-0.3, -0.25) is 0 Å². The van der Waals surface area contributed by atoms with Crippen molar-refractivity contribution in [3.05, 3.63) is 15.6 Å². The van der Waals surface area contributed by atoms with Crippen LogP contribution in [0.2, 0.25) is 0 Å². The molecular weight excluding hydrogens is 212 g/mol. The molecule has 1 aromatic rings. The summed E-state index contributed by atoms with van der Waals surface area (Å²) in [7, 11) is 0. The van der Waals surface area contributed by atoms with Crippen molar-refractivity contribution in [2.24, 2.45) is 5.73 Å². The first kappa shape index (κ1) is 12.1. The van der Waals surface area contributed by atoms with Crippen molar-refractivity contribution in [2.45, 2.75) is 33.2 Å². The summed E-state index contributed by atoms with van der Waals surface area (Å²) in [6, 6.07) is 0. The fourth-order valence-corrected chi connectivity index (χ4v) is 1.98. The van der Waals surface area contributed by atoms with Gasteiger partial charge in [-0.25, -0.2) is 9.78 Å². The van der Waals surface area contributed by atoms with E-state index in [1.54, 1.807) is 6.92 Å². The van der Waals surface area contributed by atoms with Gasteiger partial charge < -0.3 is 10.5 Å². The summed E-state index contributed by atoms with van der Waals surface area (Å²) in [5.74, 6) is -0.373. The molecule has 1 aromatic heterocycles. The molecule has 0 aliphatic heterocycles. The van der Waals surface area contributed by atoms with Crippen LogP contribution in [0.25, 0.3) is 0 Å². The van der Waals surface area contributed by atoms with E-state index in [9.17, 15) is 4.79 Å².